The number of rotatable bonds is 6. The van der Waals surface area contributed by atoms with Gasteiger partial charge in [0.2, 0.25) is 0 Å². The maximum Gasteiger partial charge on any atom is 0.300 e. The molecule has 0 radical (unpaired) electrons. The summed E-state index contributed by atoms with van der Waals surface area (Å²) in [5, 5.41) is 15.2. The fourth-order valence-corrected chi connectivity index (χ4v) is 7.77. The highest BCUT2D eigenvalue weighted by atomic mass is 32.1. The third-order valence-corrected chi connectivity index (χ3v) is 10.6. The van der Waals surface area contributed by atoms with Gasteiger partial charge in [-0.2, -0.15) is 0 Å². The predicted molar refractivity (Wildman–Crippen MR) is 238 cm³/mol. The number of nitrogens with one attached hydrogen (secondary N) is 2. The van der Waals surface area contributed by atoms with Crippen molar-refractivity contribution in [2.75, 3.05) is 16.4 Å². The lowest BCUT2D eigenvalue weighted by molar-refractivity contribution is -0.134. The van der Waals surface area contributed by atoms with E-state index >= 15 is 0 Å². The van der Waals surface area contributed by atoms with Crippen molar-refractivity contribution < 1.29 is 19.5 Å². The summed E-state index contributed by atoms with van der Waals surface area (Å²) in [5.41, 5.74) is 16.5. The number of carboxylic acid groups (broad SMARTS) is 1. The average Bonchev–Trinajstić information content (AvgIpc) is 3.80. The molecule has 2 heterocycles. The van der Waals surface area contributed by atoms with Crippen molar-refractivity contribution >= 4 is 78.0 Å². The van der Waals surface area contributed by atoms with Crippen molar-refractivity contribution in [3.05, 3.63) is 161 Å². The van der Waals surface area contributed by atoms with Crippen LogP contribution in [-0.4, -0.2) is 32.9 Å². The van der Waals surface area contributed by atoms with Crippen LogP contribution in [0.4, 0.5) is 17.1 Å². The van der Waals surface area contributed by atoms with Crippen LogP contribution in [-0.2, 0) is 4.79 Å². The summed E-state index contributed by atoms with van der Waals surface area (Å²) in [6, 6.07) is 42.7. The number of fused-ring (bicyclic) bond motifs is 2. The number of nitrogens with zero attached hydrogens (tertiary/aromatic N) is 2. The van der Waals surface area contributed by atoms with Gasteiger partial charge in [-0.15, -0.1) is 22.7 Å². The molecule has 288 valence electrons. The molecule has 0 fully saturated rings. The lowest BCUT2D eigenvalue weighted by atomic mass is 10.1. The number of carbonyl (C=O) groups excluding carboxylic acids is 2. The maximum atomic E-state index is 12.4. The molecule has 0 spiro atoms. The van der Waals surface area contributed by atoms with Gasteiger partial charge in [0.25, 0.3) is 17.8 Å². The molecule has 0 saturated heterocycles. The van der Waals surface area contributed by atoms with Gasteiger partial charge in [-0.1, -0.05) is 49.9 Å². The van der Waals surface area contributed by atoms with E-state index in [1.165, 1.54) is 20.5 Å². The van der Waals surface area contributed by atoms with E-state index in [0.717, 1.165) is 56.0 Å². The largest absolute Gasteiger partial charge is 0.481 e. The number of aliphatic carboxylic acids is 1. The Morgan fingerprint density at radius 1 is 0.579 bits per heavy atom. The number of carboxylic acids is 1. The number of amides is 2. The van der Waals surface area contributed by atoms with Gasteiger partial charge >= 0.3 is 0 Å². The van der Waals surface area contributed by atoms with Gasteiger partial charge in [0.05, 0.1) is 26.0 Å². The molecular formula is C46H43N5O4S2. The zero-order valence-electron chi connectivity index (χ0n) is 31.2. The van der Waals surface area contributed by atoms with Crippen molar-refractivity contribution in [2.24, 2.45) is 0 Å². The van der Waals surface area contributed by atoms with Crippen LogP contribution in [0.25, 0.3) is 41.6 Å². The first-order chi connectivity index (χ1) is 26.9. The standard InChI is InChI=1S/C22H18N2OS.C21H17N3OS.C2H4O2.CH4/c1-14-7-12-19-20(13-14)26-22(24-19)16-8-10-17(11-9-16)23-21(25)18-6-4-3-5-15(18)2;1-13-6-11-18-19(12-13)26-21(24-18)14-7-9-15(10-8-14)23-20(25)16-4-2-3-5-17(16)22;1-2(3)4;/h3-13H,1-2H3,(H,23,25);2-12H,22H2,1H3,(H,23,25);1H3,(H,3,4);1H4. The molecule has 8 aromatic rings. The second-order valence-electron chi connectivity index (χ2n) is 13.0. The Balaban J connectivity index is 0.000000196. The third kappa shape index (κ3) is 10.8. The van der Waals surface area contributed by atoms with Crippen LogP contribution in [0.1, 0.15) is 51.8 Å². The maximum absolute atomic E-state index is 12.4. The zero-order valence-corrected chi connectivity index (χ0v) is 32.8. The van der Waals surface area contributed by atoms with Crippen LogP contribution in [0.2, 0.25) is 0 Å². The Bertz CT molecular complexity index is 2480. The Kier molecular flexibility index (Phi) is 13.7. The molecule has 0 aliphatic carbocycles. The van der Waals surface area contributed by atoms with E-state index in [-0.39, 0.29) is 19.2 Å². The minimum absolute atomic E-state index is 0. The van der Waals surface area contributed by atoms with E-state index in [9.17, 15) is 9.59 Å². The topological polar surface area (TPSA) is 147 Å². The highest BCUT2D eigenvalue weighted by Crippen LogP contribution is 2.33. The molecular weight excluding hydrogens is 751 g/mol. The molecule has 9 nitrogen and oxygen atoms in total. The van der Waals surface area contributed by atoms with E-state index in [4.69, 9.17) is 20.6 Å². The number of nitrogens with two attached hydrogens (primary N) is 1. The zero-order chi connectivity index (χ0) is 39.8. The highest BCUT2D eigenvalue weighted by molar-refractivity contribution is 7.22. The number of nitrogen functional groups attached to an aromatic ring is 1. The van der Waals surface area contributed by atoms with Crippen molar-refractivity contribution in [1.29, 1.82) is 0 Å². The molecule has 0 aliphatic heterocycles. The van der Waals surface area contributed by atoms with Crippen LogP contribution < -0.4 is 16.4 Å². The van der Waals surface area contributed by atoms with Crippen LogP contribution in [0.5, 0.6) is 0 Å². The third-order valence-electron chi connectivity index (χ3n) is 8.46. The first-order valence-corrected chi connectivity index (χ1v) is 19.2. The number of aryl methyl sites for hydroxylation is 3. The Labute approximate surface area is 339 Å². The molecule has 0 saturated carbocycles. The molecule has 57 heavy (non-hydrogen) atoms. The summed E-state index contributed by atoms with van der Waals surface area (Å²) < 4.78 is 2.37. The number of benzene rings is 6. The molecule has 0 atom stereocenters. The smallest absolute Gasteiger partial charge is 0.300 e. The van der Waals surface area contributed by atoms with E-state index in [1.54, 1.807) is 46.9 Å². The van der Waals surface area contributed by atoms with Gasteiger partial charge in [-0.3, -0.25) is 14.4 Å². The molecule has 2 amide bonds. The van der Waals surface area contributed by atoms with Crippen LogP contribution in [0, 0.1) is 20.8 Å². The number of hydrogen-bond donors (Lipinski definition) is 4. The number of hydrogen-bond acceptors (Lipinski definition) is 8. The van der Waals surface area contributed by atoms with Gasteiger partial charge in [-0.05, 0) is 128 Å². The van der Waals surface area contributed by atoms with Gasteiger partial charge in [0, 0.05) is 40.7 Å². The predicted octanol–water partition coefficient (Wildman–Crippen LogP) is 11.7. The fraction of sp³-hybridized carbons (Fsp3) is 0.109. The van der Waals surface area contributed by atoms with Crippen molar-refractivity contribution in [1.82, 2.24) is 9.97 Å². The normalized spacial score (nSPS) is 10.3. The van der Waals surface area contributed by atoms with Gasteiger partial charge in [0.1, 0.15) is 10.0 Å². The van der Waals surface area contributed by atoms with Crippen molar-refractivity contribution in [2.45, 2.75) is 35.1 Å². The number of para-hydroxylation sites is 1. The Morgan fingerprint density at radius 3 is 1.42 bits per heavy atom. The number of thiazole rings is 2. The lowest BCUT2D eigenvalue weighted by Crippen LogP contribution is -2.13. The first kappa shape index (κ1) is 41.5. The Hall–Kier alpha value is -6.69. The Morgan fingerprint density at radius 2 is 0.982 bits per heavy atom. The minimum atomic E-state index is -0.833. The fourth-order valence-electron chi connectivity index (χ4n) is 5.63. The highest BCUT2D eigenvalue weighted by Gasteiger charge is 2.12. The van der Waals surface area contributed by atoms with Crippen LogP contribution in [0.15, 0.2) is 133 Å². The SMILES string of the molecule is C.CC(=O)O.Cc1ccc2nc(-c3ccc(NC(=O)c4ccccc4C)cc3)sc2c1.Cc1ccc2nc(-c3ccc(NC(=O)c4ccccc4N)cc3)sc2c1. The molecule has 8 rings (SSSR count). The second kappa shape index (κ2) is 18.8. The summed E-state index contributed by atoms with van der Waals surface area (Å²) in [7, 11) is 0. The summed E-state index contributed by atoms with van der Waals surface area (Å²) in [4.78, 5) is 43.1. The lowest BCUT2D eigenvalue weighted by Gasteiger charge is -2.08. The number of aromatic nitrogens is 2. The number of carbonyl (C=O) groups is 3. The molecule has 0 unspecified atom stereocenters. The molecule has 11 heteroatoms. The minimum Gasteiger partial charge on any atom is -0.481 e. The number of anilines is 3. The molecule has 5 N–H and O–H groups in total. The van der Waals surface area contributed by atoms with E-state index in [1.807, 2.05) is 85.8 Å². The van der Waals surface area contributed by atoms with E-state index < -0.39 is 5.97 Å². The molecule has 6 aromatic carbocycles. The summed E-state index contributed by atoms with van der Waals surface area (Å²) >= 11 is 3.35. The van der Waals surface area contributed by atoms with Crippen molar-refractivity contribution in [3.63, 3.8) is 0 Å². The monoisotopic (exact) mass is 793 g/mol. The molecule has 2 aromatic heterocycles. The summed E-state index contributed by atoms with van der Waals surface area (Å²) in [6.45, 7) is 7.19. The quantitative estimate of drug-likeness (QED) is 0.123. The van der Waals surface area contributed by atoms with Gasteiger partial charge in [0.15, 0.2) is 0 Å². The van der Waals surface area contributed by atoms with Crippen molar-refractivity contribution in [3.8, 4) is 21.1 Å². The summed E-state index contributed by atoms with van der Waals surface area (Å²) in [6.07, 6.45) is 0. The van der Waals surface area contributed by atoms with E-state index in [0.29, 0.717) is 16.8 Å². The van der Waals surface area contributed by atoms with Crippen LogP contribution in [0.3, 0.4) is 0 Å². The summed E-state index contributed by atoms with van der Waals surface area (Å²) in [5.74, 6) is -1.14. The van der Waals surface area contributed by atoms with E-state index in [2.05, 4.69) is 59.8 Å². The van der Waals surface area contributed by atoms with Gasteiger partial charge in [-0.25, -0.2) is 9.97 Å². The average molecular weight is 794 g/mol. The van der Waals surface area contributed by atoms with Crippen LogP contribution >= 0.6 is 22.7 Å². The molecule has 0 aliphatic rings. The first-order valence-electron chi connectivity index (χ1n) is 17.6. The second-order valence-corrected chi connectivity index (χ2v) is 15.0. The molecule has 0 bridgehead atoms. The van der Waals surface area contributed by atoms with Gasteiger partial charge < -0.3 is 21.5 Å².